The summed E-state index contributed by atoms with van der Waals surface area (Å²) in [7, 11) is 0. The molecule has 9 nitrogen and oxygen atoms in total. The van der Waals surface area contributed by atoms with Crippen LogP contribution < -0.4 is 15.4 Å². The average Bonchev–Trinajstić information content (AvgIpc) is 3.68. The second kappa shape index (κ2) is 16.5. The Labute approximate surface area is 284 Å². The minimum absolute atomic E-state index is 0.0810. The Hall–Kier alpha value is -3.92. The molecule has 1 fully saturated rings. The van der Waals surface area contributed by atoms with Gasteiger partial charge in [0.2, 0.25) is 5.91 Å². The molecule has 0 aromatic heterocycles. The van der Waals surface area contributed by atoms with E-state index in [2.05, 4.69) is 15.5 Å². The lowest BCUT2D eigenvalue weighted by molar-refractivity contribution is -0.127. The molecule has 0 unspecified atom stereocenters. The molecule has 1 heterocycles. The Bertz CT molecular complexity index is 1470. The number of aliphatic hydroxyl groups is 2. The van der Waals surface area contributed by atoms with Crippen molar-refractivity contribution in [3.8, 4) is 5.75 Å². The molecule has 0 radical (unpaired) electrons. The summed E-state index contributed by atoms with van der Waals surface area (Å²) in [5, 5.41) is 28.5. The summed E-state index contributed by atoms with van der Waals surface area (Å²) in [6.07, 6.45) is 1.30. The van der Waals surface area contributed by atoms with E-state index in [1.54, 1.807) is 20.8 Å². The Morgan fingerprint density at radius 3 is 2.29 bits per heavy atom. The van der Waals surface area contributed by atoms with Crippen LogP contribution in [0.15, 0.2) is 78.9 Å². The first-order valence-corrected chi connectivity index (χ1v) is 17.3. The first kappa shape index (κ1) is 35.4. The van der Waals surface area contributed by atoms with Gasteiger partial charge in [0.05, 0.1) is 24.3 Å². The number of carbonyl (C=O) groups excluding carboxylic acids is 2. The molecule has 3 aromatic rings. The van der Waals surface area contributed by atoms with Gasteiger partial charge in [0.25, 0.3) is 0 Å². The summed E-state index contributed by atoms with van der Waals surface area (Å²) in [6.45, 7) is 9.13. The maximum Gasteiger partial charge on any atom is 0.407 e. The molecule has 9 heteroatoms. The largest absolute Gasteiger partial charge is 0.492 e. The van der Waals surface area contributed by atoms with E-state index in [0.717, 1.165) is 47.6 Å². The van der Waals surface area contributed by atoms with E-state index in [1.807, 2.05) is 78.9 Å². The lowest BCUT2D eigenvalue weighted by atomic mass is 9.88. The van der Waals surface area contributed by atoms with Gasteiger partial charge < -0.3 is 30.3 Å². The molecular formula is C39H51N3O6. The van der Waals surface area contributed by atoms with Crippen molar-refractivity contribution in [3.05, 3.63) is 101 Å². The number of aliphatic hydroxyl groups excluding tert-OH is 2. The topological polar surface area (TPSA) is 120 Å². The molecule has 1 aliphatic carbocycles. The van der Waals surface area contributed by atoms with Crippen molar-refractivity contribution in [1.29, 1.82) is 0 Å². The number of carbonyl (C=O) groups is 2. The number of likely N-dealkylation sites (tertiary alicyclic amines) is 1. The Kier molecular flexibility index (Phi) is 12.1. The molecule has 0 spiro atoms. The van der Waals surface area contributed by atoms with Gasteiger partial charge in [0, 0.05) is 18.9 Å². The molecule has 0 saturated carbocycles. The number of hydrogen-bond acceptors (Lipinski definition) is 7. The van der Waals surface area contributed by atoms with E-state index in [1.165, 1.54) is 12.8 Å². The van der Waals surface area contributed by atoms with Gasteiger partial charge in [0.15, 0.2) is 0 Å². The summed E-state index contributed by atoms with van der Waals surface area (Å²) < 4.78 is 11.5. The third-order valence-electron chi connectivity index (χ3n) is 9.14. The van der Waals surface area contributed by atoms with Gasteiger partial charge >= 0.3 is 6.09 Å². The van der Waals surface area contributed by atoms with Crippen LogP contribution in [0, 0.1) is 5.92 Å². The molecule has 2 amide bonds. The summed E-state index contributed by atoms with van der Waals surface area (Å²) in [4.78, 5) is 29.3. The number of amides is 2. The van der Waals surface area contributed by atoms with Crippen LogP contribution in [0.25, 0.3) is 0 Å². The summed E-state index contributed by atoms with van der Waals surface area (Å²) >= 11 is 0. The van der Waals surface area contributed by atoms with Gasteiger partial charge in [-0.15, -0.1) is 0 Å². The highest BCUT2D eigenvalue weighted by atomic mass is 16.6. The van der Waals surface area contributed by atoms with Gasteiger partial charge in [-0.05, 0) is 100 Å². The Morgan fingerprint density at radius 1 is 0.917 bits per heavy atom. The molecule has 5 rings (SSSR count). The molecule has 5 atom stereocenters. The monoisotopic (exact) mass is 657 g/mol. The number of hydrogen-bond donors (Lipinski definition) is 4. The molecule has 1 saturated heterocycles. The third kappa shape index (κ3) is 10.3. The van der Waals surface area contributed by atoms with E-state index >= 15 is 0 Å². The summed E-state index contributed by atoms with van der Waals surface area (Å²) in [5.74, 6) is -0.147. The normalized spacial score (nSPS) is 19.6. The molecular weight excluding hydrogens is 606 g/mol. The number of rotatable bonds is 14. The number of nitrogens with one attached hydrogen (secondary N) is 2. The minimum atomic E-state index is -1.07. The highest BCUT2D eigenvalue weighted by molar-refractivity contribution is 5.80. The number of ether oxygens (including phenoxy) is 2. The highest BCUT2D eigenvalue weighted by Crippen LogP contribution is 2.32. The molecule has 1 aliphatic heterocycles. The van der Waals surface area contributed by atoms with E-state index in [9.17, 15) is 19.8 Å². The fourth-order valence-electron chi connectivity index (χ4n) is 6.67. The molecule has 3 aromatic carbocycles. The molecule has 4 N–H and O–H groups in total. The highest BCUT2D eigenvalue weighted by Gasteiger charge is 2.35. The van der Waals surface area contributed by atoms with Gasteiger partial charge in [-0.2, -0.15) is 0 Å². The zero-order valence-corrected chi connectivity index (χ0v) is 28.4. The summed E-state index contributed by atoms with van der Waals surface area (Å²) in [6, 6.07) is 23.9. The van der Waals surface area contributed by atoms with E-state index < -0.39 is 41.9 Å². The van der Waals surface area contributed by atoms with E-state index in [0.29, 0.717) is 25.9 Å². The van der Waals surface area contributed by atoms with Crippen molar-refractivity contribution in [2.24, 2.45) is 5.92 Å². The van der Waals surface area contributed by atoms with Crippen LogP contribution in [-0.4, -0.2) is 77.2 Å². The Balaban J connectivity index is 1.32. The third-order valence-corrected chi connectivity index (χ3v) is 9.14. The Morgan fingerprint density at radius 2 is 1.58 bits per heavy atom. The van der Waals surface area contributed by atoms with Gasteiger partial charge in [0.1, 0.15) is 18.0 Å². The summed E-state index contributed by atoms with van der Waals surface area (Å²) in [5.41, 5.74) is 3.06. The number of benzene rings is 3. The number of fused-ring (bicyclic) bond motifs is 1. The van der Waals surface area contributed by atoms with Crippen LogP contribution in [-0.2, 0) is 28.8 Å². The fraction of sp³-hybridized carbons (Fsp3) is 0.487. The molecule has 48 heavy (non-hydrogen) atoms. The van der Waals surface area contributed by atoms with Gasteiger partial charge in [-0.25, -0.2) is 4.79 Å². The lowest BCUT2D eigenvalue weighted by Gasteiger charge is -2.29. The zero-order valence-electron chi connectivity index (χ0n) is 28.4. The van der Waals surface area contributed by atoms with Crippen molar-refractivity contribution >= 4 is 12.0 Å². The van der Waals surface area contributed by atoms with E-state index in [4.69, 9.17) is 9.47 Å². The van der Waals surface area contributed by atoms with Crippen LogP contribution in [0.3, 0.4) is 0 Å². The first-order valence-electron chi connectivity index (χ1n) is 17.3. The quantitative estimate of drug-likeness (QED) is 0.193. The van der Waals surface area contributed by atoms with Crippen LogP contribution in [0.5, 0.6) is 5.75 Å². The number of nitrogens with zero attached hydrogens (tertiary/aromatic N) is 1. The van der Waals surface area contributed by atoms with Crippen LogP contribution in [0.2, 0.25) is 0 Å². The van der Waals surface area contributed by atoms with Crippen molar-refractivity contribution in [2.45, 2.75) is 89.2 Å². The maximum absolute atomic E-state index is 14.0. The first-order chi connectivity index (χ1) is 23.0. The SMILES string of the molecule is CC(C)(C)OC(=O)N[C@@H](Cc1ccccc1)[C@@H](O)C[C@@H](Cc1ccc(OCCN2CCCC2)cc1)C(=O)N[C@H]1c2ccccc2C[C@H]1O. The predicted molar refractivity (Wildman–Crippen MR) is 186 cm³/mol. The van der Waals surface area contributed by atoms with Gasteiger partial charge in [-0.3, -0.25) is 9.69 Å². The number of alkyl carbamates (subject to hydrolysis) is 1. The smallest absolute Gasteiger partial charge is 0.407 e. The van der Waals surface area contributed by atoms with Gasteiger partial charge in [-0.1, -0.05) is 66.7 Å². The maximum atomic E-state index is 14.0. The second-order valence-corrected chi connectivity index (χ2v) is 14.1. The molecule has 258 valence electrons. The fourth-order valence-corrected chi connectivity index (χ4v) is 6.67. The standard InChI is InChI=1S/C39H51N3O6/c1-39(2,3)48-38(46)40-33(24-27-11-5-4-6-12-27)34(43)26-30(37(45)41-36-32-14-8-7-13-29(32)25-35(36)44)23-28-15-17-31(18-16-28)47-22-21-42-19-9-10-20-42/h4-8,11-18,30,33-36,43-44H,9-10,19-26H2,1-3H3,(H,40,46)(H,41,45)/t30-,33+,34+,35-,36+/m1/s1. The van der Waals surface area contributed by atoms with Crippen molar-refractivity contribution in [1.82, 2.24) is 15.5 Å². The zero-order chi connectivity index (χ0) is 34.1. The molecule has 0 bridgehead atoms. The van der Waals surface area contributed by atoms with Crippen LogP contribution in [0.1, 0.15) is 68.3 Å². The predicted octanol–water partition coefficient (Wildman–Crippen LogP) is 4.98. The van der Waals surface area contributed by atoms with Crippen molar-refractivity contribution in [2.75, 3.05) is 26.2 Å². The average molecular weight is 658 g/mol. The van der Waals surface area contributed by atoms with Crippen molar-refractivity contribution < 1.29 is 29.3 Å². The van der Waals surface area contributed by atoms with Crippen LogP contribution >= 0.6 is 0 Å². The van der Waals surface area contributed by atoms with Crippen molar-refractivity contribution in [3.63, 3.8) is 0 Å². The van der Waals surface area contributed by atoms with E-state index in [-0.39, 0.29) is 12.3 Å². The lowest BCUT2D eigenvalue weighted by Crippen LogP contribution is -2.48. The minimum Gasteiger partial charge on any atom is -0.492 e. The molecule has 2 aliphatic rings. The second-order valence-electron chi connectivity index (χ2n) is 14.1. The van der Waals surface area contributed by atoms with Crippen LogP contribution in [0.4, 0.5) is 4.79 Å².